The highest BCUT2D eigenvalue weighted by atomic mass is 32.2. The standard InChI is InChI=1S/C31H47N5O6S2/c1-20(2)42-30(38)33-22-10-7-9-21(12-13-22)28-32-18-26(43-28)25-15-14-23(17-27(25)44(39,40)35-31(3,4)5)34-29(37)41-19-24-11-8-16-36(24)6/h14-15,17-18,20-22,24,35H,7-13,16,19H2,1-6H3,(H,33,38)(H,34,37)/t21-,22-,24-/m1/s1. The molecule has 0 spiro atoms. The number of hydrogen-bond donors (Lipinski definition) is 3. The zero-order valence-electron chi connectivity index (χ0n) is 26.6. The number of aromatic nitrogens is 1. The minimum absolute atomic E-state index is 0.0525. The molecule has 2 heterocycles. The van der Waals surface area contributed by atoms with E-state index in [0.29, 0.717) is 11.3 Å². The van der Waals surface area contributed by atoms with Gasteiger partial charge in [-0.05, 0) is 98.9 Å². The van der Waals surface area contributed by atoms with Crippen LogP contribution in [0.15, 0.2) is 29.3 Å². The Balaban J connectivity index is 1.51. The van der Waals surface area contributed by atoms with Crippen molar-refractivity contribution >= 4 is 39.2 Å². The summed E-state index contributed by atoms with van der Waals surface area (Å²) in [5.74, 6) is 0.212. The number of ether oxygens (including phenoxy) is 2. The van der Waals surface area contributed by atoms with Crippen molar-refractivity contribution in [3.63, 3.8) is 0 Å². The molecule has 0 bridgehead atoms. The monoisotopic (exact) mass is 649 g/mol. The Morgan fingerprint density at radius 1 is 1.09 bits per heavy atom. The minimum atomic E-state index is -3.96. The molecule has 3 N–H and O–H groups in total. The third kappa shape index (κ3) is 9.63. The largest absolute Gasteiger partial charge is 0.448 e. The fourth-order valence-electron chi connectivity index (χ4n) is 5.71. The molecule has 0 radical (unpaired) electrons. The number of sulfonamides is 1. The molecule has 13 heteroatoms. The van der Waals surface area contributed by atoms with Crippen molar-refractivity contribution in [2.75, 3.05) is 25.5 Å². The lowest BCUT2D eigenvalue weighted by Gasteiger charge is -2.22. The molecule has 3 atom stereocenters. The number of nitrogens with one attached hydrogen (secondary N) is 3. The van der Waals surface area contributed by atoms with Crippen LogP contribution in [0, 0.1) is 0 Å². The number of alkyl carbamates (subject to hydrolysis) is 1. The van der Waals surface area contributed by atoms with Gasteiger partial charge in [-0.2, -0.15) is 0 Å². The number of likely N-dealkylation sites (tertiary alicyclic amines) is 1. The molecule has 1 aliphatic heterocycles. The first-order valence-electron chi connectivity index (χ1n) is 15.5. The molecule has 4 rings (SSSR count). The molecule has 2 fully saturated rings. The maximum Gasteiger partial charge on any atom is 0.411 e. The number of benzene rings is 1. The predicted octanol–water partition coefficient (Wildman–Crippen LogP) is 6.08. The second-order valence-corrected chi connectivity index (χ2v) is 15.8. The highest BCUT2D eigenvalue weighted by Crippen LogP contribution is 2.39. The highest BCUT2D eigenvalue weighted by Gasteiger charge is 2.29. The number of carbonyl (C=O) groups is 2. The lowest BCUT2D eigenvalue weighted by Crippen LogP contribution is -2.40. The number of hydrogen-bond acceptors (Lipinski definition) is 9. The van der Waals surface area contributed by atoms with Crippen LogP contribution >= 0.6 is 11.3 Å². The number of thiazole rings is 1. The minimum Gasteiger partial charge on any atom is -0.448 e. The molecule has 11 nitrogen and oxygen atoms in total. The van der Waals surface area contributed by atoms with E-state index < -0.39 is 21.7 Å². The average Bonchev–Trinajstić information content (AvgIpc) is 3.50. The molecule has 0 unspecified atom stereocenters. The molecule has 1 saturated carbocycles. The van der Waals surface area contributed by atoms with E-state index in [1.165, 1.54) is 17.4 Å². The van der Waals surface area contributed by atoms with E-state index in [4.69, 9.17) is 14.5 Å². The average molecular weight is 650 g/mol. The first kappa shape index (κ1) is 34.1. The van der Waals surface area contributed by atoms with Crippen LogP contribution in [0.1, 0.15) is 90.5 Å². The summed E-state index contributed by atoms with van der Waals surface area (Å²) >= 11 is 1.48. The molecule has 2 amide bonds. The smallest absolute Gasteiger partial charge is 0.411 e. The summed E-state index contributed by atoms with van der Waals surface area (Å²) in [5.41, 5.74) is 0.134. The van der Waals surface area contributed by atoms with Crippen molar-refractivity contribution in [2.24, 2.45) is 0 Å². The van der Waals surface area contributed by atoms with Crippen molar-refractivity contribution < 1.29 is 27.5 Å². The molecular formula is C31H47N5O6S2. The fraction of sp³-hybridized carbons (Fsp3) is 0.645. The molecule has 244 valence electrons. The van der Waals surface area contributed by atoms with Gasteiger partial charge in [0.25, 0.3) is 0 Å². The van der Waals surface area contributed by atoms with Crippen LogP contribution in [0.4, 0.5) is 15.3 Å². The van der Waals surface area contributed by atoms with Crippen molar-refractivity contribution in [1.29, 1.82) is 0 Å². The van der Waals surface area contributed by atoms with Crippen LogP contribution in [0.25, 0.3) is 10.4 Å². The van der Waals surface area contributed by atoms with Crippen LogP contribution < -0.4 is 15.4 Å². The van der Waals surface area contributed by atoms with Gasteiger partial charge in [0, 0.05) is 41.0 Å². The topological polar surface area (TPSA) is 139 Å². The van der Waals surface area contributed by atoms with Crippen molar-refractivity contribution in [3.8, 4) is 10.4 Å². The number of anilines is 1. The third-order valence-corrected chi connectivity index (χ3v) is 10.8. The Hall–Kier alpha value is -2.74. The SMILES string of the molecule is CC(C)OC(=O)N[C@@H]1CCC[C@@H](c2ncc(-c3ccc(NC(=O)OC[C@H]4CCCN4C)cc3S(=O)(=O)NC(C)(C)C)s2)CC1. The van der Waals surface area contributed by atoms with E-state index in [9.17, 15) is 18.0 Å². The number of likely N-dealkylation sites (N-methyl/N-ethyl adjacent to an activating group) is 1. The van der Waals surface area contributed by atoms with E-state index >= 15 is 0 Å². The summed E-state index contributed by atoms with van der Waals surface area (Å²) in [6.45, 7) is 10.3. The molecule has 2 aromatic rings. The van der Waals surface area contributed by atoms with Crippen LogP contribution in [-0.2, 0) is 19.5 Å². The normalized spacial score (nSPS) is 21.6. The molecule has 1 saturated heterocycles. The van der Waals surface area contributed by atoms with Gasteiger partial charge in [0.1, 0.15) is 6.61 Å². The lowest BCUT2D eigenvalue weighted by atomic mass is 10.0. The first-order chi connectivity index (χ1) is 20.7. The van der Waals surface area contributed by atoms with Crippen molar-refractivity contribution in [3.05, 3.63) is 29.4 Å². The maximum absolute atomic E-state index is 13.6. The van der Waals surface area contributed by atoms with Crippen LogP contribution in [0.3, 0.4) is 0 Å². The summed E-state index contributed by atoms with van der Waals surface area (Å²) in [6, 6.07) is 5.11. The van der Waals surface area contributed by atoms with Gasteiger partial charge in [0.05, 0.1) is 20.9 Å². The lowest BCUT2D eigenvalue weighted by molar-refractivity contribution is 0.111. The number of nitrogens with zero attached hydrogens (tertiary/aromatic N) is 2. The van der Waals surface area contributed by atoms with Crippen molar-refractivity contribution in [1.82, 2.24) is 19.9 Å². The van der Waals surface area contributed by atoms with Crippen LogP contribution in [0.5, 0.6) is 0 Å². The van der Waals surface area contributed by atoms with E-state index in [-0.39, 0.29) is 41.7 Å². The highest BCUT2D eigenvalue weighted by molar-refractivity contribution is 7.89. The van der Waals surface area contributed by atoms with Gasteiger partial charge in [-0.25, -0.2) is 27.7 Å². The number of amides is 2. The molecule has 1 aliphatic carbocycles. The maximum atomic E-state index is 13.6. The van der Waals surface area contributed by atoms with E-state index in [2.05, 4.69) is 20.3 Å². The van der Waals surface area contributed by atoms with Crippen LogP contribution in [-0.4, -0.2) is 74.4 Å². The second-order valence-electron chi connectivity index (χ2n) is 13.1. The molecule has 1 aromatic carbocycles. The summed E-state index contributed by atoms with van der Waals surface area (Å²) in [6.07, 6.45) is 7.02. The fourth-order valence-corrected chi connectivity index (χ4v) is 8.57. The quantitative estimate of drug-likeness (QED) is 0.278. The zero-order chi connectivity index (χ0) is 32.1. The predicted molar refractivity (Wildman–Crippen MR) is 173 cm³/mol. The molecule has 2 aliphatic rings. The van der Waals surface area contributed by atoms with Gasteiger partial charge >= 0.3 is 12.2 Å². The molecular weight excluding hydrogens is 603 g/mol. The first-order valence-corrected chi connectivity index (χ1v) is 17.8. The van der Waals surface area contributed by atoms with Gasteiger partial charge in [0.2, 0.25) is 10.0 Å². The molecule has 1 aromatic heterocycles. The zero-order valence-corrected chi connectivity index (χ0v) is 28.3. The number of carbonyl (C=O) groups excluding carboxylic acids is 2. The molecule has 44 heavy (non-hydrogen) atoms. The summed E-state index contributed by atoms with van der Waals surface area (Å²) in [4.78, 5) is 32.4. The second kappa shape index (κ2) is 14.6. The van der Waals surface area contributed by atoms with E-state index in [1.54, 1.807) is 39.1 Å². The van der Waals surface area contributed by atoms with Crippen LogP contribution in [0.2, 0.25) is 0 Å². The third-order valence-electron chi connectivity index (χ3n) is 7.81. The Labute approximate surface area is 265 Å². The Bertz CT molecular complexity index is 1400. The van der Waals surface area contributed by atoms with Gasteiger partial charge in [-0.3, -0.25) is 5.32 Å². The summed E-state index contributed by atoms with van der Waals surface area (Å²) in [7, 11) is -1.95. The van der Waals surface area contributed by atoms with E-state index in [1.807, 2.05) is 20.9 Å². The van der Waals surface area contributed by atoms with Crippen molar-refractivity contribution in [2.45, 2.75) is 114 Å². The van der Waals surface area contributed by atoms with Gasteiger partial charge in [-0.15, -0.1) is 11.3 Å². The Kier molecular flexibility index (Phi) is 11.3. The summed E-state index contributed by atoms with van der Waals surface area (Å²) in [5, 5.41) is 6.63. The Morgan fingerprint density at radius 2 is 1.86 bits per heavy atom. The van der Waals surface area contributed by atoms with Gasteiger partial charge < -0.3 is 19.7 Å². The summed E-state index contributed by atoms with van der Waals surface area (Å²) < 4.78 is 40.7. The Morgan fingerprint density at radius 3 is 2.55 bits per heavy atom. The van der Waals surface area contributed by atoms with Gasteiger partial charge in [-0.1, -0.05) is 12.5 Å². The van der Waals surface area contributed by atoms with E-state index in [0.717, 1.165) is 61.4 Å². The van der Waals surface area contributed by atoms with Gasteiger partial charge in [0.15, 0.2) is 0 Å². The number of rotatable bonds is 9.